The normalized spacial score (nSPS) is 15.2. The van der Waals surface area contributed by atoms with Crippen LogP contribution < -0.4 is 14.8 Å². The van der Waals surface area contributed by atoms with E-state index in [0.717, 1.165) is 24.4 Å². The van der Waals surface area contributed by atoms with Gasteiger partial charge in [0.25, 0.3) is 0 Å². The van der Waals surface area contributed by atoms with Gasteiger partial charge in [-0.15, -0.1) is 0 Å². The molecule has 1 heterocycles. The van der Waals surface area contributed by atoms with Crippen molar-refractivity contribution in [3.8, 4) is 17.2 Å². The zero-order valence-corrected chi connectivity index (χ0v) is 16.2. The maximum absolute atomic E-state index is 12.3. The smallest absolute Gasteiger partial charge is 0.235 e. The number of nitrogens with one attached hydrogen (secondary N) is 1. The number of nitrogens with zero attached hydrogens (tertiary/aromatic N) is 1. The molecule has 1 unspecified atom stereocenters. The summed E-state index contributed by atoms with van der Waals surface area (Å²) in [7, 11) is 0.403. The number of carbonyl (C=O) groups is 1. The van der Waals surface area contributed by atoms with Gasteiger partial charge in [0, 0.05) is 42.7 Å². The predicted octanol–water partition coefficient (Wildman–Crippen LogP) is 2.17. The lowest BCUT2D eigenvalue weighted by Gasteiger charge is -2.27. The maximum Gasteiger partial charge on any atom is 0.235 e. The van der Waals surface area contributed by atoms with Crippen molar-refractivity contribution in [3.63, 3.8) is 0 Å². The van der Waals surface area contributed by atoms with Gasteiger partial charge < -0.3 is 19.7 Å². The molecule has 1 fully saturated rings. The highest BCUT2D eigenvalue weighted by atomic mass is 32.2. The number of methoxy groups -OCH3 is 1. The zero-order chi connectivity index (χ0) is 19.1. The fourth-order valence-electron chi connectivity index (χ4n) is 2.81. The van der Waals surface area contributed by atoms with E-state index in [-0.39, 0.29) is 11.7 Å². The van der Waals surface area contributed by atoms with Crippen LogP contribution in [0.2, 0.25) is 0 Å². The highest BCUT2D eigenvalue weighted by molar-refractivity contribution is 7.84. The van der Waals surface area contributed by atoms with E-state index in [1.807, 2.05) is 48.5 Å². The standard InChI is InChI=1S/C20H24N2O4S/c1-25-17-6-8-19(9-7-17)26-18-4-2-16(3-5-18)14-27(24)15-20(23)22-12-10-21-11-13-22/h2-9,21H,10-15H2,1H3. The minimum Gasteiger partial charge on any atom is -0.497 e. The Morgan fingerprint density at radius 2 is 1.56 bits per heavy atom. The second-order valence-corrected chi connectivity index (χ2v) is 7.74. The van der Waals surface area contributed by atoms with E-state index in [4.69, 9.17) is 9.47 Å². The van der Waals surface area contributed by atoms with Crippen molar-refractivity contribution in [1.29, 1.82) is 0 Å². The molecular formula is C20H24N2O4S. The van der Waals surface area contributed by atoms with Gasteiger partial charge in [0.1, 0.15) is 23.0 Å². The minimum atomic E-state index is -1.22. The largest absolute Gasteiger partial charge is 0.497 e. The average molecular weight is 388 g/mol. The number of piperazine rings is 1. The molecule has 2 aromatic carbocycles. The summed E-state index contributed by atoms with van der Waals surface area (Å²) in [5, 5.41) is 3.20. The second kappa shape index (κ2) is 9.53. The lowest BCUT2D eigenvalue weighted by Crippen LogP contribution is -2.47. The molecule has 1 amide bonds. The van der Waals surface area contributed by atoms with Crippen LogP contribution in [0.1, 0.15) is 5.56 Å². The molecule has 3 rings (SSSR count). The van der Waals surface area contributed by atoms with E-state index >= 15 is 0 Å². The molecule has 0 radical (unpaired) electrons. The average Bonchev–Trinajstić information content (AvgIpc) is 2.70. The van der Waals surface area contributed by atoms with E-state index in [1.165, 1.54) is 0 Å². The van der Waals surface area contributed by atoms with Gasteiger partial charge in [-0.05, 0) is 42.0 Å². The molecule has 0 spiro atoms. The molecule has 144 valence electrons. The SMILES string of the molecule is COc1ccc(Oc2ccc(CS(=O)CC(=O)N3CCNCC3)cc2)cc1. The monoisotopic (exact) mass is 388 g/mol. The fraction of sp³-hybridized carbons (Fsp3) is 0.350. The highest BCUT2D eigenvalue weighted by Crippen LogP contribution is 2.24. The van der Waals surface area contributed by atoms with Crippen molar-refractivity contribution >= 4 is 16.7 Å². The number of hydrogen-bond donors (Lipinski definition) is 1. The van der Waals surface area contributed by atoms with Crippen LogP contribution in [0, 0.1) is 0 Å². The summed E-state index contributed by atoms with van der Waals surface area (Å²) in [5.74, 6) is 2.59. The van der Waals surface area contributed by atoms with Gasteiger partial charge in [0.15, 0.2) is 0 Å². The quantitative estimate of drug-likeness (QED) is 0.787. The number of rotatable bonds is 7. The van der Waals surface area contributed by atoms with Crippen LogP contribution in [0.4, 0.5) is 0 Å². The van der Waals surface area contributed by atoms with Crippen LogP contribution >= 0.6 is 0 Å². The molecule has 1 saturated heterocycles. The fourth-order valence-corrected chi connectivity index (χ4v) is 3.94. The first-order valence-corrected chi connectivity index (χ1v) is 10.4. The zero-order valence-electron chi connectivity index (χ0n) is 15.3. The van der Waals surface area contributed by atoms with Gasteiger partial charge in [0.05, 0.1) is 7.11 Å². The Labute approximate surface area is 161 Å². The molecule has 1 atom stereocenters. The van der Waals surface area contributed by atoms with Crippen LogP contribution in [-0.4, -0.2) is 54.1 Å². The number of benzene rings is 2. The molecule has 27 heavy (non-hydrogen) atoms. The summed E-state index contributed by atoms with van der Waals surface area (Å²) in [6, 6.07) is 14.8. The van der Waals surface area contributed by atoms with Gasteiger partial charge in [-0.2, -0.15) is 0 Å². The first-order valence-electron chi connectivity index (χ1n) is 8.88. The van der Waals surface area contributed by atoms with Crippen molar-refractivity contribution in [2.24, 2.45) is 0 Å². The Hall–Kier alpha value is -2.38. The molecule has 0 bridgehead atoms. The van der Waals surface area contributed by atoms with Gasteiger partial charge in [-0.25, -0.2) is 0 Å². The van der Waals surface area contributed by atoms with Crippen molar-refractivity contribution < 1.29 is 18.5 Å². The van der Waals surface area contributed by atoms with Crippen LogP contribution in [0.3, 0.4) is 0 Å². The first kappa shape index (κ1) is 19.4. The number of ether oxygens (including phenoxy) is 2. The van der Waals surface area contributed by atoms with Gasteiger partial charge in [-0.3, -0.25) is 9.00 Å². The van der Waals surface area contributed by atoms with Gasteiger partial charge in [-0.1, -0.05) is 12.1 Å². The third-order valence-electron chi connectivity index (χ3n) is 4.30. The van der Waals surface area contributed by atoms with E-state index in [1.54, 1.807) is 12.0 Å². The third-order valence-corrected chi connectivity index (χ3v) is 5.52. The maximum atomic E-state index is 12.3. The Kier molecular flexibility index (Phi) is 6.84. The molecule has 1 N–H and O–H groups in total. The summed E-state index contributed by atoms with van der Waals surface area (Å²) in [6.45, 7) is 2.98. The predicted molar refractivity (Wildman–Crippen MR) is 106 cm³/mol. The van der Waals surface area contributed by atoms with Crippen LogP contribution in [-0.2, 0) is 21.3 Å². The van der Waals surface area contributed by atoms with E-state index in [9.17, 15) is 9.00 Å². The van der Waals surface area contributed by atoms with E-state index < -0.39 is 10.8 Å². The topological polar surface area (TPSA) is 67.9 Å². The summed E-state index contributed by atoms with van der Waals surface area (Å²) in [6.07, 6.45) is 0. The second-order valence-electron chi connectivity index (χ2n) is 6.28. The van der Waals surface area contributed by atoms with Crippen molar-refractivity contribution in [2.75, 3.05) is 39.0 Å². The van der Waals surface area contributed by atoms with Gasteiger partial charge in [0.2, 0.25) is 5.91 Å². The first-order chi connectivity index (χ1) is 13.1. The molecule has 1 aliphatic heterocycles. The van der Waals surface area contributed by atoms with Gasteiger partial charge >= 0.3 is 0 Å². The van der Waals surface area contributed by atoms with Crippen molar-refractivity contribution in [3.05, 3.63) is 54.1 Å². The van der Waals surface area contributed by atoms with Crippen LogP contribution in [0.15, 0.2) is 48.5 Å². The molecule has 0 aromatic heterocycles. The number of amides is 1. The molecular weight excluding hydrogens is 364 g/mol. The minimum absolute atomic E-state index is 0.0331. The molecule has 7 heteroatoms. The Morgan fingerprint density at radius 3 is 2.15 bits per heavy atom. The molecule has 2 aromatic rings. The summed E-state index contributed by atoms with van der Waals surface area (Å²) in [4.78, 5) is 14.0. The lowest BCUT2D eigenvalue weighted by molar-refractivity contribution is -0.128. The van der Waals surface area contributed by atoms with E-state index in [0.29, 0.717) is 30.3 Å². The Morgan fingerprint density at radius 1 is 1.00 bits per heavy atom. The molecule has 6 nitrogen and oxygen atoms in total. The van der Waals surface area contributed by atoms with E-state index in [2.05, 4.69) is 5.32 Å². The Balaban J connectivity index is 1.50. The Bertz CT molecular complexity index is 772. The van der Waals surface area contributed by atoms with Crippen LogP contribution in [0.25, 0.3) is 0 Å². The third kappa shape index (κ3) is 5.80. The molecule has 0 aliphatic carbocycles. The summed E-state index contributed by atoms with van der Waals surface area (Å²) in [5.41, 5.74) is 0.920. The van der Waals surface area contributed by atoms with Crippen molar-refractivity contribution in [2.45, 2.75) is 5.75 Å². The molecule has 1 aliphatic rings. The summed E-state index contributed by atoms with van der Waals surface area (Å²) < 4.78 is 23.2. The number of carbonyl (C=O) groups excluding carboxylic acids is 1. The highest BCUT2D eigenvalue weighted by Gasteiger charge is 2.18. The summed E-state index contributed by atoms with van der Waals surface area (Å²) >= 11 is 0. The van der Waals surface area contributed by atoms with Crippen molar-refractivity contribution in [1.82, 2.24) is 10.2 Å². The molecule has 0 saturated carbocycles. The van der Waals surface area contributed by atoms with Crippen LogP contribution in [0.5, 0.6) is 17.2 Å². The number of hydrogen-bond acceptors (Lipinski definition) is 5. The lowest BCUT2D eigenvalue weighted by atomic mass is 10.2.